The van der Waals surface area contributed by atoms with E-state index in [2.05, 4.69) is 10.3 Å². The molecule has 0 saturated heterocycles. The smallest absolute Gasteiger partial charge is 0.338 e. The molecular formula is C14H14N2O3S. The van der Waals surface area contributed by atoms with E-state index >= 15 is 0 Å². The molecule has 0 atom stereocenters. The summed E-state index contributed by atoms with van der Waals surface area (Å²) < 4.78 is 0. The molecule has 2 rings (SSSR count). The van der Waals surface area contributed by atoms with Crippen LogP contribution in [0.4, 0.5) is 5.00 Å². The fraction of sp³-hybridized carbons (Fsp3) is 0.214. The lowest BCUT2D eigenvalue weighted by Crippen LogP contribution is -2.15. The fourth-order valence-electron chi connectivity index (χ4n) is 1.73. The van der Waals surface area contributed by atoms with Crippen molar-refractivity contribution in [3.8, 4) is 0 Å². The van der Waals surface area contributed by atoms with Crippen LogP contribution in [0.2, 0.25) is 0 Å². The van der Waals surface area contributed by atoms with Crippen molar-refractivity contribution in [3.05, 3.63) is 46.6 Å². The molecule has 0 fully saturated rings. The van der Waals surface area contributed by atoms with E-state index in [1.165, 1.54) is 11.3 Å². The largest absolute Gasteiger partial charge is 0.478 e. The zero-order valence-corrected chi connectivity index (χ0v) is 11.7. The molecule has 0 aliphatic carbocycles. The molecule has 0 aromatic carbocycles. The Kier molecular flexibility index (Phi) is 4.47. The Bertz CT molecular complexity index is 623. The van der Waals surface area contributed by atoms with Gasteiger partial charge in [-0.15, -0.1) is 11.3 Å². The molecule has 0 bridgehead atoms. The maximum atomic E-state index is 11.9. The number of aromatic carboxylic acids is 1. The van der Waals surface area contributed by atoms with Gasteiger partial charge in [-0.2, -0.15) is 0 Å². The van der Waals surface area contributed by atoms with Gasteiger partial charge in [0.15, 0.2) is 0 Å². The second-order valence-corrected chi connectivity index (χ2v) is 5.34. The van der Waals surface area contributed by atoms with E-state index in [1.54, 1.807) is 30.6 Å². The van der Waals surface area contributed by atoms with Crippen molar-refractivity contribution >= 4 is 28.2 Å². The molecule has 0 saturated carbocycles. The van der Waals surface area contributed by atoms with Crippen molar-refractivity contribution in [3.63, 3.8) is 0 Å². The second-order valence-electron chi connectivity index (χ2n) is 4.20. The standard InChI is InChI=1S/C14H14N2O3S/c1-2-10-7-11(14(18)19)13(20-10)16-12(17)6-9-4-3-5-15-8-9/h3-5,7-8H,2,6H2,1H3,(H,16,17)(H,18,19). The van der Waals surface area contributed by atoms with Crippen LogP contribution in [0, 0.1) is 0 Å². The Hall–Kier alpha value is -2.21. The molecule has 6 heteroatoms. The number of nitrogens with one attached hydrogen (secondary N) is 1. The van der Waals surface area contributed by atoms with Crippen LogP contribution < -0.4 is 5.32 Å². The third kappa shape index (κ3) is 3.42. The summed E-state index contributed by atoms with van der Waals surface area (Å²) in [5.41, 5.74) is 0.931. The molecule has 2 aromatic heterocycles. The van der Waals surface area contributed by atoms with Gasteiger partial charge in [0.25, 0.3) is 0 Å². The van der Waals surface area contributed by atoms with Crippen LogP contribution in [0.3, 0.4) is 0 Å². The van der Waals surface area contributed by atoms with E-state index in [9.17, 15) is 9.59 Å². The van der Waals surface area contributed by atoms with Crippen LogP contribution >= 0.6 is 11.3 Å². The van der Waals surface area contributed by atoms with Crippen molar-refractivity contribution in [1.29, 1.82) is 0 Å². The number of hydrogen-bond donors (Lipinski definition) is 2. The van der Waals surface area contributed by atoms with Gasteiger partial charge in [-0.3, -0.25) is 9.78 Å². The first kappa shape index (κ1) is 14.2. The van der Waals surface area contributed by atoms with E-state index in [-0.39, 0.29) is 17.9 Å². The molecule has 2 aromatic rings. The maximum absolute atomic E-state index is 11.9. The minimum Gasteiger partial charge on any atom is -0.478 e. The highest BCUT2D eigenvalue weighted by molar-refractivity contribution is 7.16. The highest BCUT2D eigenvalue weighted by Gasteiger charge is 2.16. The van der Waals surface area contributed by atoms with Gasteiger partial charge in [0, 0.05) is 17.3 Å². The van der Waals surface area contributed by atoms with Gasteiger partial charge in [-0.1, -0.05) is 13.0 Å². The Balaban J connectivity index is 2.11. The summed E-state index contributed by atoms with van der Waals surface area (Å²) in [6.07, 6.45) is 4.16. The Morgan fingerprint density at radius 2 is 2.25 bits per heavy atom. The number of carboxylic acids is 1. The van der Waals surface area contributed by atoms with E-state index in [0.717, 1.165) is 16.9 Å². The van der Waals surface area contributed by atoms with Gasteiger partial charge >= 0.3 is 5.97 Å². The topological polar surface area (TPSA) is 79.3 Å². The van der Waals surface area contributed by atoms with Gasteiger partial charge < -0.3 is 10.4 Å². The number of carbonyl (C=O) groups excluding carboxylic acids is 1. The zero-order valence-electron chi connectivity index (χ0n) is 10.9. The quantitative estimate of drug-likeness (QED) is 0.887. The first-order valence-corrected chi connectivity index (χ1v) is 6.96. The lowest BCUT2D eigenvalue weighted by atomic mass is 10.2. The average molecular weight is 290 g/mol. The normalized spacial score (nSPS) is 10.2. The number of anilines is 1. The van der Waals surface area contributed by atoms with E-state index < -0.39 is 5.97 Å². The number of hydrogen-bond acceptors (Lipinski definition) is 4. The third-order valence-corrected chi connectivity index (χ3v) is 3.90. The van der Waals surface area contributed by atoms with Crippen molar-refractivity contribution in [1.82, 2.24) is 4.98 Å². The van der Waals surface area contributed by atoms with E-state index in [4.69, 9.17) is 5.11 Å². The monoisotopic (exact) mass is 290 g/mol. The van der Waals surface area contributed by atoms with Crippen LogP contribution in [0.1, 0.15) is 27.7 Å². The number of carbonyl (C=O) groups is 2. The number of rotatable bonds is 5. The van der Waals surface area contributed by atoms with Crippen molar-refractivity contribution in [2.45, 2.75) is 19.8 Å². The first-order valence-electron chi connectivity index (χ1n) is 6.15. The minimum absolute atomic E-state index is 0.145. The van der Waals surface area contributed by atoms with Gasteiger partial charge in [0.05, 0.1) is 12.0 Å². The molecular weight excluding hydrogens is 276 g/mol. The summed E-state index contributed by atoms with van der Waals surface area (Å²) in [5, 5.41) is 12.2. The second kappa shape index (κ2) is 6.29. The molecule has 0 aliphatic rings. The molecule has 2 heterocycles. The van der Waals surface area contributed by atoms with Crippen LogP contribution in [-0.4, -0.2) is 22.0 Å². The Labute approximate surface area is 120 Å². The number of aryl methyl sites for hydroxylation is 1. The number of carboxylic acid groups (broad SMARTS) is 1. The highest BCUT2D eigenvalue weighted by atomic mass is 32.1. The highest BCUT2D eigenvalue weighted by Crippen LogP contribution is 2.28. The molecule has 104 valence electrons. The summed E-state index contributed by atoms with van der Waals surface area (Å²) in [4.78, 5) is 27.9. The summed E-state index contributed by atoms with van der Waals surface area (Å²) in [5.74, 6) is -1.28. The molecule has 1 amide bonds. The van der Waals surface area contributed by atoms with Gasteiger partial charge in [0.1, 0.15) is 5.00 Å². The molecule has 0 spiro atoms. The predicted octanol–water partition coefficient (Wildman–Crippen LogP) is 2.58. The third-order valence-electron chi connectivity index (χ3n) is 2.70. The number of thiophene rings is 1. The molecule has 0 unspecified atom stereocenters. The van der Waals surface area contributed by atoms with Crippen molar-refractivity contribution in [2.24, 2.45) is 0 Å². The summed E-state index contributed by atoms with van der Waals surface area (Å²) >= 11 is 1.30. The van der Waals surface area contributed by atoms with Crippen LogP contribution in [0.15, 0.2) is 30.6 Å². The zero-order chi connectivity index (χ0) is 14.5. The number of amides is 1. The molecule has 0 aliphatic heterocycles. The van der Waals surface area contributed by atoms with Crippen molar-refractivity contribution < 1.29 is 14.7 Å². The van der Waals surface area contributed by atoms with Crippen LogP contribution in [0.25, 0.3) is 0 Å². The van der Waals surface area contributed by atoms with Crippen molar-refractivity contribution in [2.75, 3.05) is 5.32 Å². The summed E-state index contributed by atoms with van der Waals surface area (Å²) in [6.45, 7) is 1.94. The van der Waals surface area contributed by atoms with Gasteiger partial charge in [-0.05, 0) is 24.1 Å². The average Bonchev–Trinajstić information content (AvgIpc) is 2.83. The van der Waals surface area contributed by atoms with E-state index in [1.807, 2.05) is 6.92 Å². The van der Waals surface area contributed by atoms with E-state index in [0.29, 0.717) is 5.00 Å². The summed E-state index contributed by atoms with van der Waals surface area (Å²) in [7, 11) is 0. The lowest BCUT2D eigenvalue weighted by Gasteiger charge is -2.04. The van der Waals surface area contributed by atoms with Gasteiger partial charge in [-0.25, -0.2) is 4.79 Å². The molecule has 20 heavy (non-hydrogen) atoms. The minimum atomic E-state index is -1.03. The number of pyridine rings is 1. The van der Waals surface area contributed by atoms with Crippen LogP contribution in [-0.2, 0) is 17.6 Å². The first-order chi connectivity index (χ1) is 9.60. The Morgan fingerprint density at radius 1 is 1.45 bits per heavy atom. The number of nitrogens with zero attached hydrogens (tertiary/aromatic N) is 1. The molecule has 5 nitrogen and oxygen atoms in total. The molecule has 2 N–H and O–H groups in total. The predicted molar refractivity (Wildman–Crippen MR) is 77.2 cm³/mol. The summed E-state index contributed by atoms with van der Waals surface area (Å²) in [6, 6.07) is 5.16. The SMILES string of the molecule is CCc1cc(C(=O)O)c(NC(=O)Cc2cccnc2)s1. The van der Waals surface area contributed by atoms with Gasteiger partial charge in [0.2, 0.25) is 5.91 Å². The Morgan fingerprint density at radius 3 is 2.85 bits per heavy atom. The molecule has 0 radical (unpaired) electrons. The lowest BCUT2D eigenvalue weighted by molar-refractivity contribution is -0.115. The number of aromatic nitrogens is 1. The maximum Gasteiger partial charge on any atom is 0.338 e. The fourth-order valence-corrected chi connectivity index (χ4v) is 2.73. The van der Waals surface area contributed by atoms with Crippen LogP contribution in [0.5, 0.6) is 0 Å².